The highest BCUT2D eigenvalue weighted by Gasteiger charge is 2.20. The van der Waals surface area contributed by atoms with Crippen molar-refractivity contribution in [3.05, 3.63) is 182 Å². The molecule has 8 aromatic carbocycles. The van der Waals surface area contributed by atoms with Crippen molar-refractivity contribution in [2.75, 3.05) is 0 Å². The third-order valence-electron chi connectivity index (χ3n) is 10.3. The molecular formula is C51H30N4O2. The second kappa shape index (κ2) is 12.3. The Balaban J connectivity index is 1.12. The van der Waals surface area contributed by atoms with E-state index in [-0.39, 0.29) is 90.6 Å². The van der Waals surface area contributed by atoms with Gasteiger partial charge in [-0.2, -0.15) is 0 Å². The number of rotatable bonds is 5. The van der Waals surface area contributed by atoms with Crippen LogP contribution in [-0.2, 0) is 0 Å². The molecule has 0 spiro atoms. The highest BCUT2D eigenvalue weighted by atomic mass is 16.3. The summed E-state index contributed by atoms with van der Waals surface area (Å²) in [5, 5.41) is 2.17. The van der Waals surface area contributed by atoms with Crippen LogP contribution < -0.4 is 0 Å². The number of para-hydroxylation sites is 2. The quantitative estimate of drug-likeness (QED) is 0.176. The van der Waals surface area contributed by atoms with Crippen molar-refractivity contribution in [3.8, 4) is 51.0 Å². The van der Waals surface area contributed by atoms with E-state index < -0.39 is 48.3 Å². The van der Waals surface area contributed by atoms with Crippen LogP contribution in [-0.4, -0.2) is 19.5 Å². The van der Waals surface area contributed by atoms with Gasteiger partial charge in [0.15, 0.2) is 17.5 Å². The summed E-state index contributed by atoms with van der Waals surface area (Å²) in [7, 11) is 0. The summed E-state index contributed by atoms with van der Waals surface area (Å²) >= 11 is 0. The van der Waals surface area contributed by atoms with Gasteiger partial charge in [0, 0.05) is 60.8 Å². The first-order valence-corrected chi connectivity index (χ1v) is 18.1. The van der Waals surface area contributed by atoms with Gasteiger partial charge in [-0.05, 0) is 65.7 Å². The molecule has 0 saturated carbocycles. The number of benzene rings is 8. The molecule has 0 aliphatic heterocycles. The molecule has 4 aromatic heterocycles. The number of nitrogens with zero attached hydrogens (tertiary/aromatic N) is 4. The van der Waals surface area contributed by atoms with Crippen molar-refractivity contribution >= 4 is 65.7 Å². The normalized spacial score (nSPS) is 14.6. The van der Waals surface area contributed by atoms with Crippen molar-refractivity contribution in [1.82, 2.24) is 19.5 Å². The molecule has 0 bridgehead atoms. The lowest BCUT2D eigenvalue weighted by Crippen LogP contribution is -2.00. The van der Waals surface area contributed by atoms with Gasteiger partial charge >= 0.3 is 0 Å². The average Bonchev–Trinajstić information content (AvgIpc) is 4.03. The number of hydrogen-bond donors (Lipinski definition) is 0. The number of furan rings is 2. The van der Waals surface area contributed by atoms with E-state index in [1.807, 2.05) is 97.1 Å². The Morgan fingerprint density at radius 2 is 1.12 bits per heavy atom. The third-order valence-corrected chi connectivity index (χ3v) is 10.3. The Morgan fingerprint density at radius 3 is 1.98 bits per heavy atom. The molecule has 0 fully saturated rings. The molecular weight excluding hydrogens is 701 g/mol. The molecule has 12 aromatic rings. The molecule has 12 rings (SSSR count). The van der Waals surface area contributed by atoms with E-state index >= 15 is 0 Å². The Labute approximate surface area is 341 Å². The fourth-order valence-corrected chi connectivity index (χ4v) is 7.76. The molecule has 0 amide bonds. The van der Waals surface area contributed by atoms with Gasteiger partial charge in [0.25, 0.3) is 0 Å². The molecule has 4 heterocycles. The second-order valence-corrected chi connectivity index (χ2v) is 13.5. The van der Waals surface area contributed by atoms with E-state index in [4.69, 9.17) is 36.1 Å². The van der Waals surface area contributed by atoms with E-state index in [9.17, 15) is 2.74 Å². The summed E-state index contributed by atoms with van der Waals surface area (Å²) in [5.41, 5.74) is 4.77. The summed E-state index contributed by atoms with van der Waals surface area (Å²) < 4.78 is 112. The second-order valence-electron chi connectivity index (χ2n) is 13.5. The molecule has 266 valence electrons. The number of hydrogen-bond acceptors (Lipinski definition) is 5. The lowest BCUT2D eigenvalue weighted by atomic mass is 9.99. The Morgan fingerprint density at radius 1 is 0.404 bits per heavy atom. The zero-order valence-corrected chi connectivity index (χ0v) is 29.6. The molecule has 6 nitrogen and oxygen atoms in total. The SMILES string of the molecule is [2H]c1cc2c(cc1-n1c3cc([2H])c([2H])c([2H])c3c3c([2H])c([2H])c([2H])c([2H])c31)oc1c([2H])c([2H])c([2H])c(-c3nc(-c4ccccc4)nc(-c4ccc5oc6cccc(-c7ccccc7)c6c5c4)n3)c12. The Kier molecular flexibility index (Phi) is 4.88. The average molecular weight is 742 g/mol. The highest BCUT2D eigenvalue weighted by molar-refractivity contribution is 6.15. The van der Waals surface area contributed by atoms with Crippen molar-refractivity contribution in [1.29, 1.82) is 0 Å². The van der Waals surface area contributed by atoms with Crippen LogP contribution in [0.3, 0.4) is 0 Å². The van der Waals surface area contributed by atoms with Gasteiger partial charge in [-0.15, -0.1) is 0 Å². The largest absolute Gasteiger partial charge is 0.456 e. The summed E-state index contributed by atoms with van der Waals surface area (Å²) in [5.74, 6) is 0.530. The molecule has 0 saturated heterocycles. The van der Waals surface area contributed by atoms with Crippen LogP contribution in [0.25, 0.3) is 117 Å². The molecule has 6 heteroatoms. The first-order chi connectivity index (χ1) is 32.8. The molecule has 0 N–H and O–H groups in total. The van der Waals surface area contributed by atoms with Crippen molar-refractivity contribution in [3.63, 3.8) is 0 Å². The monoisotopic (exact) mass is 741 g/mol. The van der Waals surface area contributed by atoms with Gasteiger partial charge in [0.05, 0.1) is 26.1 Å². The summed E-state index contributed by atoms with van der Waals surface area (Å²) in [6.45, 7) is 0. The van der Waals surface area contributed by atoms with Crippen molar-refractivity contribution in [2.24, 2.45) is 0 Å². The number of fused-ring (bicyclic) bond motifs is 9. The molecule has 0 unspecified atom stereocenters. The first kappa shape index (κ1) is 22.5. The summed E-state index contributed by atoms with van der Waals surface area (Å²) in [6, 6.07) is 30.5. The minimum absolute atomic E-state index is 0.00771. The van der Waals surface area contributed by atoms with Gasteiger partial charge in [-0.25, -0.2) is 15.0 Å². The predicted molar refractivity (Wildman–Crippen MR) is 230 cm³/mol. The van der Waals surface area contributed by atoms with Crippen LogP contribution in [0.1, 0.15) is 15.1 Å². The van der Waals surface area contributed by atoms with Gasteiger partial charge in [-0.1, -0.05) is 121 Å². The smallest absolute Gasteiger partial charge is 0.164 e. The lowest BCUT2D eigenvalue weighted by molar-refractivity contribution is 0.668. The maximum Gasteiger partial charge on any atom is 0.164 e. The fraction of sp³-hybridized carbons (Fsp3) is 0. The van der Waals surface area contributed by atoms with Gasteiger partial charge in [0.1, 0.15) is 22.3 Å². The van der Waals surface area contributed by atoms with E-state index in [0.717, 1.165) is 21.9 Å². The summed E-state index contributed by atoms with van der Waals surface area (Å²) in [6.07, 6.45) is 0. The standard InChI is InChI=1S/C51H30N4O2/c1-3-13-31(14-4-1)35-19-11-23-44-47(35)40-29-33(25-28-43(40)56-44)50-52-49(32-15-5-2-6-16-32)53-51(54-50)39-20-12-24-45-48(39)38-27-26-34(30-46(38)57-45)55-41-21-9-7-17-36(41)37-18-8-10-22-42(37)55/h1-30H/i7D,8D,9D,10D,12D,17D,18D,20D,21D,24D,26D. The lowest BCUT2D eigenvalue weighted by Gasteiger charge is -2.10. The van der Waals surface area contributed by atoms with Crippen LogP contribution in [0.4, 0.5) is 0 Å². The number of aromatic nitrogens is 4. The van der Waals surface area contributed by atoms with Gasteiger partial charge < -0.3 is 13.4 Å². The highest BCUT2D eigenvalue weighted by Crippen LogP contribution is 2.41. The molecule has 0 atom stereocenters. The molecule has 0 aliphatic rings. The predicted octanol–water partition coefficient (Wildman–Crippen LogP) is 13.4. The van der Waals surface area contributed by atoms with Crippen LogP contribution >= 0.6 is 0 Å². The minimum Gasteiger partial charge on any atom is -0.456 e. The van der Waals surface area contributed by atoms with Crippen LogP contribution in [0.5, 0.6) is 0 Å². The zero-order chi connectivity index (χ0) is 47.0. The third kappa shape index (κ3) is 4.94. The topological polar surface area (TPSA) is 69.9 Å². The Bertz CT molecular complexity index is 4170. The molecule has 0 aliphatic carbocycles. The van der Waals surface area contributed by atoms with E-state index in [1.54, 1.807) is 0 Å². The van der Waals surface area contributed by atoms with Crippen LogP contribution in [0.2, 0.25) is 0 Å². The van der Waals surface area contributed by atoms with Crippen LogP contribution in [0, 0.1) is 0 Å². The first-order valence-electron chi connectivity index (χ1n) is 23.6. The molecule has 0 radical (unpaired) electrons. The van der Waals surface area contributed by atoms with E-state index in [2.05, 4.69) is 0 Å². The fourth-order valence-electron chi connectivity index (χ4n) is 7.76. The minimum atomic E-state index is -0.553. The van der Waals surface area contributed by atoms with Gasteiger partial charge in [0.2, 0.25) is 0 Å². The maximum atomic E-state index is 9.50. The zero-order valence-electron chi connectivity index (χ0n) is 40.6. The molecule has 57 heavy (non-hydrogen) atoms. The van der Waals surface area contributed by atoms with E-state index in [1.165, 1.54) is 22.8 Å². The van der Waals surface area contributed by atoms with Crippen LogP contribution in [0.15, 0.2) is 191 Å². The van der Waals surface area contributed by atoms with E-state index in [0.29, 0.717) is 22.3 Å². The van der Waals surface area contributed by atoms with Gasteiger partial charge in [-0.3, -0.25) is 0 Å². The van der Waals surface area contributed by atoms with Crippen molar-refractivity contribution in [2.45, 2.75) is 0 Å². The Hall–Kier alpha value is -7.83. The summed E-state index contributed by atoms with van der Waals surface area (Å²) in [4.78, 5) is 14.9. The maximum absolute atomic E-state index is 9.50. The van der Waals surface area contributed by atoms with Crippen molar-refractivity contribution < 1.29 is 23.9 Å².